The third-order valence-electron chi connectivity index (χ3n) is 3.94. The molecule has 1 unspecified atom stereocenters. The molecule has 106 valence electrons. The first kappa shape index (κ1) is 14.5. The largest absolute Gasteiger partial charge is 0.314 e. The van der Waals surface area contributed by atoms with Crippen molar-refractivity contribution in [2.75, 3.05) is 26.2 Å². The molecular formula is C17H28N2. The van der Waals surface area contributed by atoms with Gasteiger partial charge >= 0.3 is 0 Å². The molecule has 0 radical (unpaired) electrons. The normalized spacial score (nSPS) is 21.5. The highest BCUT2D eigenvalue weighted by atomic mass is 15.2. The minimum atomic E-state index is 0.433. The maximum atomic E-state index is 3.54. The Morgan fingerprint density at radius 2 is 1.95 bits per heavy atom. The molecule has 0 bridgehead atoms. The summed E-state index contributed by atoms with van der Waals surface area (Å²) in [6.45, 7) is 11.7. The van der Waals surface area contributed by atoms with Gasteiger partial charge in [0, 0.05) is 25.7 Å². The molecule has 2 nitrogen and oxygen atoms in total. The van der Waals surface area contributed by atoms with Crippen molar-refractivity contribution >= 4 is 0 Å². The lowest BCUT2D eigenvalue weighted by atomic mass is 9.91. The van der Waals surface area contributed by atoms with Crippen LogP contribution in [0.4, 0.5) is 0 Å². The molecule has 1 aliphatic heterocycles. The van der Waals surface area contributed by atoms with Gasteiger partial charge in [0.1, 0.15) is 0 Å². The quantitative estimate of drug-likeness (QED) is 0.895. The van der Waals surface area contributed by atoms with E-state index in [1.54, 1.807) is 0 Å². The van der Waals surface area contributed by atoms with E-state index in [1.807, 2.05) is 0 Å². The molecule has 1 aliphatic rings. The van der Waals surface area contributed by atoms with E-state index >= 15 is 0 Å². The van der Waals surface area contributed by atoms with Crippen LogP contribution in [0.25, 0.3) is 0 Å². The number of piperazine rings is 1. The summed E-state index contributed by atoms with van der Waals surface area (Å²) in [5.41, 5.74) is 1.89. The Labute approximate surface area is 118 Å². The number of nitrogens with zero attached hydrogens (tertiary/aromatic N) is 1. The zero-order valence-corrected chi connectivity index (χ0v) is 12.7. The number of rotatable bonds is 4. The van der Waals surface area contributed by atoms with Crippen LogP contribution in [0.5, 0.6) is 0 Å². The molecule has 1 N–H and O–H groups in total. The fourth-order valence-electron chi connectivity index (χ4n) is 2.66. The third kappa shape index (κ3) is 4.96. The summed E-state index contributed by atoms with van der Waals surface area (Å²) in [7, 11) is 0. The molecule has 1 aromatic rings. The lowest BCUT2D eigenvalue weighted by molar-refractivity contribution is 0.140. The van der Waals surface area contributed by atoms with Crippen LogP contribution < -0.4 is 5.32 Å². The molecule has 0 aliphatic carbocycles. The van der Waals surface area contributed by atoms with Crippen LogP contribution in [0.15, 0.2) is 30.3 Å². The van der Waals surface area contributed by atoms with Crippen LogP contribution in [-0.2, 0) is 6.42 Å². The minimum absolute atomic E-state index is 0.433. The molecule has 1 fully saturated rings. The van der Waals surface area contributed by atoms with E-state index in [0.717, 1.165) is 19.5 Å². The van der Waals surface area contributed by atoms with Crippen molar-refractivity contribution in [1.82, 2.24) is 10.2 Å². The first-order valence-electron chi connectivity index (χ1n) is 7.53. The highest BCUT2D eigenvalue weighted by Gasteiger charge is 2.23. The van der Waals surface area contributed by atoms with Gasteiger partial charge in [-0.25, -0.2) is 0 Å². The van der Waals surface area contributed by atoms with Crippen LogP contribution in [0.3, 0.4) is 0 Å². The Morgan fingerprint density at radius 1 is 1.21 bits per heavy atom. The predicted molar refractivity (Wildman–Crippen MR) is 82.4 cm³/mol. The molecule has 0 saturated carbocycles. The van der Waals surface area contributed by atoms with Crippen molar-refractivity contribution in [3.8, 4) is 0 Å². The van der Waals surface area contributed by atoms with Gasteiger partial charge in [-0.2, -0.15) is 0 Å². The van der Waals surface area contributed by atoms with Gasteiger partial charge in [0.25, 0.3) is 0 Å². The Kier molecular flexibility index (Phi) is 5.00. The second kappa shape index (κ2) is 6.53. The molecule has 2 rings (SSSR count). The lowest BCUT2D eigenvalue weighted by Crippen LogP contribution is -2.52. The van der Waals surface area contributed by atoms with Crippen molar-refractivity contribution in [3.05, 3.63) is 35.9 Å². The van der Waals surface area contributed by atoms with Gasteiger partial charge in [-0.15, -0.1) is 0 Å². The molecule has 2 heteroatoms. The van der Waals surface area contributed by atoms with Crippen LogP contribution in [-0.4, -0.2) is 37.1 Å². The average Bonchev–Trinajstić information content (AvgIpc) is 2.38. The number of hydrogen-bond acceptors (Lipinski definition) is 2. The van der Waals surface area contributed by atoms with Gasteiger partial charge in [-0.1, -0.05) is 51.1 Å². The molecular weight excluding hydrogens is 232 g/mol. The molecule has 1 heterocycles. The zero-order valence-electron chi connectivity index (χ0n) is 12.7. The summed E-state index contributed by atoms with van der Waals surface area (Å²) < 4.78 is 0. The summed E-state index contributed by atoms with van der Waals surface area (Å²) in [4.78, 5) is 2.68. The van der Waals surface area contributed by atoms with E-state index in [1.165, 1.54) is 25.1 Å². The summed E-state index contributed by atoms with van der Waals surface area (Å²) in [5.74, 6) is 0. The molecule has 1 atom stereocenters. The van der Waals surface area contributed by atoms with Crippen LogP contribution in [0.1, 0.15) is 32.8 Å². The van der Waals surface area contributed by atoms with Crippen LogP contribution in [0.2, 0.25) is 0 Å². The highest BCUT2D eigenvalue weighted by Crippen LogP contribution is 2.20. The van der Waals surface area contributed by atoms with E-state index in [0.29, 0.717) is 11.5 Å². The Balaban J connectivity index is 1.92. The van der Waals surface area contributed by atoms with Crippen molar-refractivity contribution in [2.45, 2.75) is 39.7 Å². The SMILES string of the molecule is CC(C)(C)CCN1CCNCC1Cc1ccccc1. The summed E-state index contributed by atoms with van der Waals surface area (Å²) in [6.07, 6.45) is 2.44. The van der Waals surface area contributed by atoms with Crippen molar-refractivity contribution in [1.29, 1.82) is 0 Å². The van der Waals surface area contributed by atoms with Gasteiger partial charge in [-0.05, 0) is 30.4 Å². The topological polar surface area (TPSA) is 15.3 Å². The van der Waals surface area contributed by atoms with Crippen molar-refractivity contribution in [3.63, 3.8) is 0 Å². The monoisotopic (exact) mass is 260 g/mol. The maximum Gasteiger partial charge on any atom is 0.0261 e. The van der Waals surface area contributed by atoms with Gasteiger partial charge in [-0.3, -0.25) is 4.90 Å². The highest BCUT2D eigenvalue weighted by molar-refractivity contribution is 5.16. The Hall–Kier alpha value is -0.860. The van der Waals surface area contributed by atoms with E-state index < -0.39 is 0 Å². The Bertz CT molecular complexity index is 367. The summed E-state index contributed by atoms with van der Waals surface area (Å²) in [6, 6.07) is 11.5. The molecule has 1 saturated heterocycles. The van der Waals surface area contributed by atoms with Crippen molar-refractivity contribution < 1.29 is 0 Å². The van der Waals surface area contributed by atoms with Gasteiger partial charge in [0.05, 0.1) is 0 Å². The maximum absolute atomic E-state index is 3.54. The first-order valence-corrected chi connectivity index (χ1v) is 7.53. The molecule has 0 amide bonds. The van der Waals surface area contributed by atoms with E-state index in [-0.39, 0.29) is 0 Å². The fourth-order valence-corrected chi connectivity index (χ4v) is 2.66. The molecule has 1 aromatic carbocycles. The van der Waals surface area contributed by atoms with Gasteiger partial charge in [0.15, 0.2) is 0 Å². The summed E-state index contributed by atoms with van der Waals surface area (Å²) in [5, 5.41) is 3.54. The average molecular weight is 260 g/mol. The summed E-state index contributed by atoms with van der Waals surface area (Å²) >= 11 is 0. The second-order valence-electron chi connectivity index (χ2n) is 6.89. The van der Waals surface area contributed by atoms with E-state index in [2.05, 4.69) is 61.3 Å². The zero-order chi connectivity index (χ0) is 13.7. The number of benzene rings is 1. The Morgan fingerprint density at radius 3 is 2.63 bits per heavy atom. The molecule has 0 spiro atoms. The predicted octanol–water partition coefficient (Wildman–Crippen LogP) is 2.94. The minimum Gasteiger partial charge on any atom is -0.314 e. The lowest BCUT2D eigenvalue weighted by Gasteiger charge is -2.37. The first-order chi connectivity index (χ1) is 9.04. The van der Waals surface area contributed by atoms with E-state index in [4.69, 9.17) is 0 Å². The fraction of sp³-hybridized carbons (Fsp3) is 0.647. The smallest absolute Gasteiger partial charge is 0.0261 e. The standard InChI is InChI=1S/C17H28N2/c1-17(2,3)9-11-19-12-10-18-14-16(19)13-15-7-5-4-6-8-15/h4-8,16,18H,9-14H2,1-3H3. The number of nitrogens with one attached hydrogen (secondary N) is 1. The van der Waals surface area contributed by atoms with Crippen molar-refractivity contribution in [2.24, 2.45) is 5.41 Å². The van der Waals surface area contributed by atoms with Crippen LogP contribution in [0, 0.1) is 5.41 Å². The second-order valence-corrected chi connectivity index (χ2v) is 6.89. The van der Waals surface area contributed by atoms with Gasteiger partial charge < -0.3 is 5.32 Å². The number of hydrogen-bond donors (Lipinski definition) is 1. The van der Waals surface area contributed by atoms with Crippen LogP contribution >= 0.6 is 0 Å². The molecule has 19 heavy (non-hydrogen) atoms. The van der Waals surface area contributed by atoms with Gasteiger partial charge in [0.2, 0.25) is 0 Å². The third-order valence-corrected chi connectivity index (χ3v) is 3.94. The molecule has 0 aromatic heterocycles. The van der Waals surface area contributed by atoms with E-state index in [9.17, 15) is 0 Å².